The SMILES string of the molecule is O=C1C(=O)N(c2nnc(SCc3ccc(Cl)cc3)s2)C(c2cccc(Oc3ccccc3)c2)/C1=C(/O)c1ccc(Cl)cc1. The van der Waals surface area contributed by atoms with Gasteiger partial charge >= 0.3 is 5.91 Å². The largest absolute Gasteiger partial charge is 0.507 e. The molecule has 1 saturated heterocycles. The number of carbonyl (C=O) groups is 2. The monoisotopic (exact) mass is 645 g/mol. The van der Waals surface area contributed by atoms with Crippen molar-refractivity contribution >= 4 is 68.9 Å². The third kappa shape index (κ3) is 6.30. The van der Waals surface area contributed by atoms with Gasteiger partial charge in [0.05, 0.1) is 11.6 Å². The number of hydrogen-bond acceptors (Lipinski definition) is 8. The number of thioether (sulfide) groups is 1. The van der Waals surface area contributed by atoms with Crippen LogP contribution in [-0.2, 0) is 15.3 Å². The molecule has 0 spiro atoms. The van der Waals surface area contributed by atoms with Crippen LogP contribution < -0.4 is 9.64 Å². The molecule has 1 aromatic heterocycles. The Labute approximate surface area is 265 Å². The number of anilines is 1. The number of amides is 1. The molecule has 5 aromatic rings. The number of nitrogens with zero attached hydrogens (tertiary/aromatic N) is 3. The van der Waals surface area contributed by atoms with Crippen LogP contribution in [0.15, 0.2) is 113 Å². The number of ether oxygens (including phenoxy) is 1. The molecule has 1 aliphatic heterocycles. The standard InChI is InChI=1S/C32H21Cl2N3O4S2/c33-22-13-9-19(10-14-22)18-42-32-36-35-31(43-32)37-27(21-5-4-8-25(17-21)41-24-6-2-1-3-7-24)26(29(39)30(37)40)28(38)20-11-15-23(34)16-12-20/h1-17,27,38H,18H2/b28-26-. The minimum atomic E-state index is -0.989. The number of benzene rings is 4. The van der Waals surface area contributed by atoms with Gasteiger partial charge in [0.25, 0.3) is 5.78 Å². The molecule has 7 nitrogen and oxygen atoms in total. The van der Waals surface area contributed by atoms with Crippen LogP contribution in [-0.4, -0.2) is 27.0 Å². The van der Waals surface area contributed by atoms with Crippen molar-refractivity contribution in [1.82, 2.24) is 10.2 Å². The summed E-state index contributed by atoms with van der Waals surface area (Å²) in [5, 5.41) is 21.3. The van der Waals surface area contributed by atoms with Gasteiger partial charge in [-0.2, -0.15) is 0 Å². The first kappa shape index (κ1) is 28.9. The third-order valence-electron chi connectivity index (χ3n) is 6.59. The summed E-state index contributed by atoms with van der Waals surface area (Å²) in [7, 11) is 0. The molecule has 2 heterocycles. The maximum Gasteiger partial charge on any atom is 0.301 e. The zero-order chi connectivity index (χ0) is 29.9. The second-order valence-electron chi connectivity index (χ2n) is 9.43. The lowest BCUT2D eigenvalue weighted by molar-refractivity contribution is -0.132. The topological polar surface area (TPSA) is 92.6 Å². The van der Waals surface area contributed by atoms with Crippen molar-refractivity contribution in [2.24, 2.45) is 0 Å². The third-order valence-corrected chi connectivity index (χ3v) is 9.22. The Morgan fingerprint density at radius 3 is 2.26 bits per heavy atom. The smallest absolute Gasteiger partial charge is 0.301 e. The Kier molecular flexibility index (Phi) is 8.49. The van der Waals surface area contributed by atoms with Crippen LogP contribution in [0.3, 0.4) is 0 Å². The molecule has 214 valence electrons. The number of hydrogen-bond donors (Lipinski definition) is 1. The van der Waals surface area contributed by atoms with Crippen LogP contribution in [0.5, 0.6) is 11.5 Å². The highest BCUT2D eigenvalue weighted by atomic mass is 35.5. The van der Waals surface area contributed by atoms with Crippen LogP contribution in [0.25, 0.3) is 5.76 Å². The number of ketones is 1. The summed E-state index contributed by atoms with van der Waals surface area (Å²) in [6, 6.07) is 29.2. The molecule has 0 aliphatic carbocycles. The van der Waals surface area contributed by atoms with Gasteiger partial charge in [0.15, 0.2) is 4.34 Å². The van der Waals surface area contributed by atoms with E-state index in [4.69, 9.17) is 27.9 Å². The second kappa shape index (κ2) is 12.6. The Balaban J connectivity index is 1.39. The summed E-state index contributed by atoms with van der Waals surface area (Å²) < 4.78 is 6.65. The van der Waals surface area contributed by atoms with Gasteiger partial charge in [0, 0.05) is 21.4 Å². The summed E-state index contributed by atoms with van der Waals surface area (Å²) >= 11 is 14.7. The van der Waals surface area contributed by atoms with Crippen molar-refractivity contribution < 1.29 is 19.4 Å². The molecule has 1 N–H and O–H groups in total. The number of para-hydroxylation sites is 1. The molecule has 43 heavy (non-hydrogen) atoms. The molecule has 1 atom stereocenters. The van der Waals surface area contributed by atoms with Gasteiger partial charge in [0.2, 0.25) is 5.13 Å². The Bertz CT molecular complexity index is 1830. The van der Waals surface area contributed by atoms with E-state index in [2.05, 4.69) is 10.2 Å². The van der Waals surface area contributed by atoms with Gasteiger partial charge in [-0.1, -0.05) is 88.8 Å². The summed E-state index contributed by atoms with van der Waals surface area (Å²) in [6.45, 7) is 0. The molecule has 1 aliphatic rings. The Morgan fingerprint density at radius 1 is 0.860 bits per heavy atom. The normalized spacial score (nSPS) is 16.0. The zero-order valence-electron chi connectivity index (χ0n) is 22.2. The van der Waals surface area contributed by atoms with Gasteiger partial charge in [-0.15, -0.1) is 10.2 Å². The van der Waals surface area contributed by atoms with Crippen LogP contribution in [0.1, 0.15) is 22.7 Å². The highest BCUT2D eigenvalue weighted by Gasteiger charge is 2.48. The van der Waals surface area contributed by atoms with E-state index in [1.54, 1.807) is 48.5 Å². The highest BCUT2D eigenvalue weighted by molar-refractivity contribution is 8.00. The molecule has 1 unspecified atom stereocenters. The van der Waals surface area contributed by atoms with E-state index in [0.717, 1.165) is 5.56 Å². The number of aliphatic hydroxyl groups is 1. The van der Waals surface area contributed by atoms with Crippen LogP contribution in [0, 0.1) is 0 Å². The lowest BCUT2D eigenvalue weighted by Crippen LogP contribution is -2.29. The van der Waals surface area contributed by atoms with Crippen LogP contribution >= 0.6 is 46.3 Å². The zero-order valence-corrected chi connectivity index (χ0v) is 25.3. The average molecular weight is 647 g/mol. The van der Waals surface area contributed by atoms with Crippen LogP contribution in [0.4, 0.5) is 5.13 Å². The molecular formula is C32H21Cl2N3O4S2. The number of aromatic nitrogens is 2. The first-order valence-electron chi connectivity index (χ1n) is 13.0. The Morgan fingerprint density at radius 2 is 1.53 bits per heavy atom. The van der Waals surface area contributed by atoms with Gasteiger partial charge in [-0.05, 0) is 71.8 Å². The molecule has 0 radical (unpaired) electrons. The van der Waals surface area contributed by atoms with E-state index in [1.807, 2.05) is 54.6 Å². The summed E-state index contributed by atoms with van der Waals surface area (Å²) in [6.07, 6.45) is 0. The van der Waals surface area contributed by atoms with E-state index in [0.29, 0.717) is 42.8 Å². The van der Waals surface area contributed by atoms with E-state index in [9.17, 15) is 14.7 Å². The predicted octanol–water partition coefficient (Wildman–Crippen LogP) is 8.56. The van der Waals surface area contributed by atoms with E-state index < -0.39 is 17.7 Å². The van der Waals surface area contributed by atoms with Crippen molar-refractivity contribution in [2.75, 3.05) is 4.90 Å². The molecule has 0 saturated carbocycles. The molecular weight excluding hydrogens is 625 g/mol. The van der Waals surface area contributed by atoms with Gasteiger partial charge in [-0.3, -0.25) is 14.5 Å². The van der Waals surface area contributed by atoms with Gasteiger partial charge in [0.1, 0.15) is 17.3 Å². The molecule has 1 fully saturated rings. The van der Waals surface area contributed by atoms with E-state index in [-0.39, 0.29) is 16.5 Å². The molecule has 11 heteroatoms. The highest BCUT2D eigenvalue weighted by Crippen LogP contribution is 2.45. The average Bonchev–Trinajstić information content (AvgIpc) is 3.59. The van der Waals surface area contributed by atoms with Crippen molar-refractivity contribution in [3.05, 3.63) is 135 Å². The van der Waals surface area contributed by atoms with E-state index >= 15 is 0 Å². The minimum Gasteiger partial charge on any atom is -0.507 e. The van der Waals surface area contributed by atoms with Crippen molar-refractivity contribution in [1.29, 1.82) is 0 Å². The molecule has 1 amide bonds. The van der Waals surface area contributed by atoms with Gasteiger partial charge in [-0.25, -0.2) is 0 Å². The quantitative estimate of drug-likeness (QED) is 0.0594. The fourth-order valence-corrected chi connectivity index (χ4v) is 6.64. The van der Waals surface area contributed by atoms with Crippen molar-refractivity contribution in [3.63, 3.8) is 0 Å². The number of halogens is 2. The number of carbonyl (C=O) groups excluding carboxylic acids is 2. The summed E-state index contributed by atoms with van der Waals surface area (Å²) in [4.78, 5) is 28.4. The van der Waals surface area contributed by atoms with E-state index in [1.165, 1.54) is 28.0 Å². The maximum atomic E-state index is 13.6. The summed E-state index contributed by atoms with van der Waals surface area (Å²) in [5.74, 6) is -0.237. The second-order valence-corrected chi connectivity index (χ2v) is 12.5. The lowest BCUT2D eigenvalue weighted by Gasteiger charge is -2.23. The minimum absolute atomic E-state index is 0.0743. The van der Waals surface area contributed by atoms with Crippen molar-refractivity contribution in [2.45, 2.75) is 16.1 Å². The number of rotatable bonds is 8. The fraction of sp³-hybridized carbons (Fsp3) is 0.0625. The van der Waals surface area contributed by atoms with Crippen LogP contribution in [0.2, 0.25) is 10.0 Å². The fourth-order valence-electron chi connectivity index (χ4n) is 4.57. The molecule has 4 aromatic carbocycles. The first-order valence-corrected chi connectivity index (χ1v) is 15.5. The lowest BCUT2D eigenvalue weighted by atomic mass is 9.95. The Hall–Kier alpha value is -4.15. The molecule has 0 bridgehead atoms. The first-order chi connectivity index (χ1) is 20.9. The number of aliphatic hydroxyl groups excluding tert-OH is 1. The molecule has 6 rings (SSSR count). The predicted molar refractivity (Wildman–Crippen MR) is 170 cm³/mol. The number of Topliss-reactive ketones (excluding diaryl/α,β-unsaturated/α-hetero) is 1. The summed E-state index contributed by atoms with van der Waals surface area (Å²) in [5.41, 5.74) is 1.87. The van der Waals surface area contributed by atoms with Crippen molar-refractivity contribution in [3.8, 4) is 11.5 Å². The van der Waals surface area contributed by atoms with Gasteiger partial charge < -0.3 is 9.84 Å². The maximum absolute atomic E-state index is 13.6.